The number of carbonyl (C=O) groups excluding carboxylic acids is 1. The molecule has 0 aromatic rings. The molecule has 0 unspecified atom stereocenters. The zero-order chi connectivity index (χ0) is 7.56. The molecule has 58 valence electrons. The molecule has 1 saturated heterocycles. The van der Waals surface area contributed by atoms with Crippen LogP contribution in [0.3, 0.4) is 0 Å². The van der Waals surface area contributed by atoms with Crippen LogP contribution in [0.4, 0.5) is 0 Å². The zero-order valence-corrected chi connectivity index (χ0v) is 6.46. The maximum absolute atomic E-state index is 11.1. The number of hydrogen-bond acceptors (Lipinski definition) is 3. The molecule has 0 amide bonds. The monoisotopic (exact) mass is 143 g/mol. The van der Waals surface area contributed by atoms with E-state index in [4.69, 9.17) is 4.74 Å². The highest BCUT2D eigenvalue weighted by molar-refractivity contribution is 5.84. The topological polar surface area (TPSA) is 29.5 Å². The van der Waals surface area contributed by atoms with Crippen molar-refractivity contribution >= 4 is 5.78 Å². The number of ether oxygens (including phenoxy) is 1. The lowest BCUT2D eigenvalue weighted by Gasteiger charge is -2.26. The van der Waals surface area contributed by atoms with Crippen molar-refractivity contribution in [2.24, 2.45) is 0 Å². The van der Waals surface area contributed by atoms with Gasteiger partial charge in [0.25, 0.3) is 0 Å². The molecule has 1 aliphatic heterocycles. The van der Waals surface area contributed by atoms with Crippen molar-refractivity contribution in [3.63, 3.8) is 0 Å². The molecule has 1 atom stereocenters. The highest BCUT2D eigenvalue weighted by atomic mass is 16.5. The molecular formula is C7H13NO2. The number of ketones is 1. The minimum absolute atomic E-state index is 0.00579. The normalized spacial score (nSPS) is 27.5. The van der Waals surface area contributed by atoms with Crippen molar-refractivity contribution in [1.29, 1.82) is 0 Å². The average molecular weight is 143 g/mol. The first-order valence-corrected chi connectivity index (χ1v) is 3.48. The van der Waals surface area contributed by atoms with Crippen LogP contribution < -0.4 is 0 Å². The van der Waals surface area contributed by atoms with Crippen LogP contribution in [-0.2, 0) is 9.53 Å². The summed E-state index contributed by atoms with van der Waals surface area (Å²) in [5, 5.41) is 0. The summed E-state index contributed by atoms with van der Waals surface area (Å²) in [6.45, 7) is 1.16. The summed E-state index contributed by atoms with van der Waals surface area (Å²) < 4.78 is 5.15. The van der Waals surface area contributed by atoms with E-state index in [1.165, 1.54) is 0 Å². The average Bonchev–Trinajstić information content (AvgIpc) is 1.88. The van der Waals surface area contributed by atoms with E-state index in [9.17, 15) is 4.79 Å². The van der Waals surface area contributed by atoms with E-state index in [0.29, 0.717) is 25.4 Å². The predicted octanol–water partition coefficient (Wildman–Crippen LogP) is -0.0940. The highest BCUT2D eigenvalue weighted by Gasteiger charge is 2.23. The Hall–Kier alpha value is -0.410. The van der Waals surface area contributed by atoms with E-state index < -0.39 is 0 Å². The van der Waals surface area contributed by atoms with E-state index in [1.54, 1.807) is 0 Å². The Kier molecular flexibility index (Phi) is 2.40. The van der Waals surface area contributed by atoms with Gasteiger partial charge in [0.15, 0.2) is 5.78 Å². The number of Topliss-reactive ketones (excluding diaryl/α,β-unsaturated/α-hetero) is 1. The smallest absolute Gasteiger partial charge is 0.154 e. The zero-order valence-electron chi connectivity index (χ0n) is 6.46. The first kappa shape index (κ1) is 7.69. The number of hydrogen-bond donors (Lipinski definition) is 0. The summed E-state index contributed by atoms with van der Waals surface area (Å²) in [5.74, 6) is 0.302. The van der Waals surface area contributed by atoms with Crippen molar-refractivity contribution in [3.05, 3.63) is 0 Å². The molecule has 0 radical (unpaired) electrons. The molecule has 1 heterocycles. The van der Waals surface area contributed by atoms with E-state index >= 15 is 0 Å². The molecule has 1 aliphatic rings. The molecule has 3 heteroatoms. The first-order valence-electron chi connectivity index (χ1n) is 3.48. The van der Waals surface area contributed by atoms with E-state index in [1.807, 2.05) is 19.0 Å². The summed E-state index contributed by atoms with van der Waals surface area (Å²) in [4.78, 5) is 13.0. The number of carbonyl (C=O) groups is 1. The largest absolute Gasteiger partial charge is 0.379 e. The minimum Gasteiger partial charge on any atom is -0.379 e. The van der Waals surface area contributed by atoms with E-state index in [-0.39, 0.29) is 6.04 Å². The van der Waals surface area contributed by atoms with Crippen LogP contribution in [0, 0.1) is 0 Å². The van der Waals surface area contributed by atoms with Gasteiger partial charge < -0.3 is 4.74 Å². The van der Waals surface area contributed by atoms with Gasteiger partial charge in [-0.15, -0.1) is 0 Å². The van der Waals surface area contributed by atoms with Crippen LogP contribution in [0.2, 0.25) is 0 Å². The van der Waals surface area contributed by atoms with Crippen LogP contribution in [0.15, 0.2) is 0 Å². The Bertz CT molecular complexity index is 134. The molecular weight excluding hydrogens is 130 g/mol. The Morgan fingerprint density at radius 1 is 1.60 bits per heavy atom. The highest BCUT2D eigenvalue weighted by Crippen LogP contribution is 2.05. The Morgan fingerprint density at radius 2 is 2.30 bits per heavy atom. The fourth-order valence-electron chi connectivity index (χ4n) is 1.06. The summed E-state index contributed by atoms with van der Waals surface area (Å²) in [6.07, 6.45) is 0.572. The lowest BCUT2D eigenvalue weighted by Crippen LogP contribution is -2.43. The second-order valence-corrected chi connectivity index (χ2v) is 2.77. The summed E-state index contributed by atoms with van der Waals surface area (Å²) in [6, 6.07) is -0.00579. The van der Waals surface area contributed by atoms with Gasteiger partial charge in [0.1, 0.15) is 0 Å². The molecule has 1 rings (SSSR count). The summed E-state index contributed by atoms with van der Waals surface area (Å²) in [7, 11) is 3.80. The van der Waals surface area contributed by atoms with Crippen LogP contribution in [0.1, 0.15) is 6.42 Å². The SMILES string of the molecule is CN(C)[C@H]1COCCC1=O. The van der Waals surface area contributed by atoms with Gasteiger partial charge in [0, 0.05) is 6.42 Å². The van der Waals surface area contributed by atoms with Gasteiger partial charge in [-0.05, 0) is 14.1 Å². The van der Waals surface area contributed by atoms with Crippen molar-refractivity contribution < 1.29 is 9.53 Å². The van der Waals surface area contributed by atoms with E-state index in [0.717, 1.165) is 0 Å². The summed E-state index contributed by atoms with van der Waals surface area (Å²) >= 11 is 0. The van der Waals surface area contributed by atoms with Crippen molar-refractivity contribution in [1.82, 2.24) is 4.90 Å². The third kappa shape index (κ3) is 1.55. The van der Waals surface area contributed by atoms with Crippen molar-refractivity contribution in [3.8, 4) is 0 Å². The van der Waals surface area contributed by atoms with Gasteiger partial charge in [-0.2, -0.15) is 0 Å². The molecule has 0 aromatic carbocycles. The lowest BCUT2D eigenvalue weighted by molar-refractivity contribution is -0.131. The van der Waals surface area contributed by atoms with Crippen LogP contribution in [0.5, 0.6) is 0 Å². The van der Waals surface area contributed by atoms with Gasteiger partial charge in [-0.3, -0.25) is 9.69 Å². The fraction of sp³-hybridized carbons (Fsp3) is 0.857. The maximum Gasteiger partial charge on any atom is 0.154 e. The first-order chi connectivity index (χ1) is 4.72. The van der Waals surface area contributed by atoms with Crippen molar-refractivity contribution in [2.75, 3.05) is 27.3 Å². The third-order valence-electron chi connectivity index (χ3n) is 1.76. The van der Waals surface area contributed by atoms with Gasteiger partial charge in [-0.1, -0.05) is 0 Å². The molecule has 0 saturated carbocycles. The molecule has 0 aliphatic carbocycles. The maximum atomic E-state index is 11.1. The molecule has 0 bridgehead atoms. The molecule has 0 aromatic heterocycles. The quantitative estimate of drug-likeness (QED) is 0.513. The Morgan fingerprint density at radius 3 is 2.70 bits per heavy atom. The van der Waals surface area contributed by atoms with E-state index in [2.05, 4.69) is 0 Å². The summed E-state index contributed by atoms with van der Waals surface area (Å²) in [5.41, 5.74) is 0. The van der Waals surface area contributed by atoms with Crippen LogP contribution in [-0.4, -0.2) is 44.0 Å². The second kappa shape index (κ2) is 3.12. The standard InChI is InChI=1S/C7H13NO2/c1-8(2)6-5-10-4-3-7(6)9/h6H,3-5H2,1-2H3/t6-/m0/s1. The fourth-order valence-corrected chi connectivity index (χ4v) is 1.06. The molecule has 0 N–H and O–H groups in total. The molecule has 0 spiro atoms. The number of likely N-dealkylation sites (N-methyl/N-ethyl adjacent to an activating group) is 1. The number of nitrogens with zero attached hydrogens (tertiary/aromatic N) is 1. The molecule has 10 heavy (non-hydrogen) atoms. The van der Waals surface area contributed by atoms with Gasteiger partial charge in [-0.25, -0.2) is 0 Å². The van der Waals surface area contributed by atoms with Crippen molar-refractivity contribution in [2.45, 2.75) is 12.5 Å². The molecule has 1 fully saturated rings. The Balaban J connectivity index is 2.48. The van der Waals surface area contributed by atoms with Gasteiger partial charge in [0.2, 0.25) is 0 Å². The van der Waals surface area contributed by atoms with Gasteiger partial charge >= 0.3 is 0 Å². The minimum atomic E-state index is -0.00579. The predicted molar refractivity (Wildman–Crippen MR) is 37.9 cm³/mol. The molecule has 3 nitrogen and oxygen atoms in total. The third-order valence-corrected chi connectivity index (χ3v) is 1.76. The van der Waals surface area contributed by atoms with Crippen LogP contribution in [0.25, 0.3) is 0 Å². The van der Waals surface area contributed by atoms with Gasteiger partial charge in [0.05, 0.1) is 19.3 Å². The second-order valence-electron chi connectivity index (χ2n) is 2.77. The lowest BCUT2D eigenvalue weighted by atomic mass is 10.1. The number of rotatable bonds is 1. The Labute approximate surface area is 61.0 Å². The van der Waals surface area contributed by atoms with Crippen LogP contribution >= 0.6 is 0 Å².